The average Bonchev–Trinajstić information content (AvgIpc) is 2.94. The zero-order valence-electron chi connectivity index (χ0n) is 21.5. The second kappa shape index (κ2) is 12.5. The van der Waals surface area contributed by atoms with Crippen LogP contribution in [0.25, 0.3) is 10.9 Å². The van der Waals surface area contributed by atoms with Crippen LogP contribution in [0.2, 0.25) is 0 Å². The zero-order chi connectivity index (χ0) is 28.0. The molecule has 2 aromatic carbocycles. The number of rotatable bonds is 8. The van der Waals surface area contributed by atoms with E-state index >= 15 is 0 Å². The maximum Gasteiger partial charge on any atom is 0.249 e. The number of pyridine rings is 1. The highest BCUT2D eigenvalue weighted by Crippen LogP contribution is 2.38. The number of methoxy groups -OCH3 is 1. The molecule has 6 nitrogen and oxygen atoms in total. The standard InChI is InChI=1S/C29H29F4N3O3/c1-39-21-6-7-27-24(16-21)22(19(17-30)18-34-27)4-2-8-29(28(37)35-38)9-12-36(13-10-29)11-3-5-23-25(32)14-20(31)15-26(23)33/h6-7,14-16,18,38H,2,4,8-13,17H2,1H3,(H,35,37). The van der Waals surface area contributed by atoms with Crippen molar-refractivity contribution in [2.45, 2.75) is 38.8 Å². The number of carbonyl (C=O) groups is 1. The predicted molar refractivity (Wildman–Crippen MR) is 137 cm³/mol. The van der Waals surface area contributed by atoms with E-state index in [1.807, 2.05) is 17.0 Å². The molecule has 2 heterocycles. The average molecular weight is 544 g/mol. The number of hydrogen-bond acceptors (Lipinski definition) is 5. The molecule has 4 rings (SSSR count). The van der Waals surface area contributed by atoms with Crippen LogP contribution >= 0.6 is 0 Å². The van der Waals surface area contributed by atoms with Gasteiger partial charge in [0, 0.05) is 42.4 Å². The lowest BCUT2D eigenvalue weighted by Crippen LogP contribution is -2.48. The van der Waals surface area contributed by atoms with Gasteiger partial charge in [0.25, 0.3) is 0 Å². The molecule has 1 aliphatic rings. The van der Waals surface area contributed by atoms with Gasteiger partial charge < -0.3 is 4.74 Å². The molecule has 2 N–H and O–H groups in total. The molecule has 0 radical (unpaired) electrons. The number of aromatic nitrogens is 1. The summed E-state index contributed by atoms with van der Waals surface area (Å²) < 4.78 is 59.9. The molecule has 1 aromatic heterocycles. The maximum atomic E-state index is 13.8. The molecule has 0 spiro atoms. The number of likely N-dealkylation sites (tertiary alicyclic amines) is 1. The van der Waals surface area contributed by atoms with Crippen molar-refractivity contribution in [1.82, 2.24) is 15.4 Å². The van der Waals surface area contributed by atoms with Gasteiger partial charge >= 0.3 is 0 Å². The lowest BCUT2D eigenvalue weighted by atomic mass is 9.73. The van der Waals surface area contributed by atoms with E-state index in [1.54, 1.807) is 18.7 Å². The van der Waals surface area contributed by atoms with Crippen LogP contribution < -0.4 is 10.2 Å². The van der Waals surface area contributed by atoms with Crippen LogP contribution in [0.1, 0.15) is 42.4 Å². The van der Waals surface area contributed by atoms with Crippen molar-refractivity contribution in [2.75, 3.05) is 26.7 Å². The molecule has 39 heavy (non-hydrogen) atoms. The molecule has 0 saturated carbocycles. The lowest BCUT2D eigenvalue weighted by Gasteiger charge is -2.39. The Balaban J connectivity index is 1.43. The number of fused-ring (bicyclic) bond motifs is 1. The number of aryl methyl sites for hydroxylation is 1. The minimum absolute atomic E-state index is 0.206. The smallest absolute Gasteiger partial charge is 0.249 e. The molecule has 3 aromatic rings. The number of benzene rings is 2. The van der Waals surface area contributed by atoms with Gasteiger partial charge in [-0.3, -0.25) is 19.9 Å². The van der Waals surface area contributed by atoms with Gasteiger partial charge in [0.2, 0.25) is 5.91 Å². The van der Waals surface area contributed by atoms with Gasteiger partial charge in [-0.1, -0.05) is 11.8 Å². The third kappa shape index (κ3) is 6.32. The molecule has 0 atom stereocenters. The fourth-order valence-corrected chi connectivity index (χ4v) is 5.16. The molecule has 0 unspecified atom stereocenters. The number of alkyl halides is 1. The summed E-state index contributed by atoms with van der Waals surface area (Å²) in [7, 11) is 1.56. The Labute approximate surface area is 223 Å². The van der Waals surface area contributed by atoms with E-state index in [-0.39, 0.29) is 6.54 Å². The number of halogens is 4. The zero-order valence-corrected chi connectivity index (χ0v) is 21.5. The first-order valence-electron chi connectivity index (χ1n) is 12.6. The largest absolute Gasteiger partial charge is 0.497 e. The third-order valence-electron chi connectivity index (χ3n) is 7.42. The van der Waals surface area contributed by atoms with Crippen molar-refractivity contribution in [2.24, 2.45) is 5.41 Å². The SMILES string of the molecule is COc1ccc2ncc(CF)c(CCCC3(C(=O)NO)CCN(CC#Cc4c(F)cc(F)cc4F)CC3)c2c1. The third-order valence-corrected chi connectivity index (χ3v) is 7.42. The fraction of sp³-hybridized carbons (Fsp3) is 0.379. The van der Waals surface area contributed by atoms with Crippen LogP contribution in [0.5, 0.6) is 5.75 Å². The highest BCUT2D eigenvalue weighted by Gasteiger charge is 2.40. The van der Waals surface area contributed by atoms with Gasteiger partial charge in [0.1, 0.15) is 29.9 Å². The van der Waals surface area contributed by atoms with E-state index in [2.05, 4.69) is 16.8 Å². The summed E-state index contributed by atoms with van der Waals surface area (Å²) in [5.41, 5.74) is 2.51. The highest BCUT2D eigenvalue weighted by molar-refractivity contribution is 5.84. The number of hydroxylamine groups is 1. The quantitative estimate of drug-likeness (QED) is 0.179. The first-order valence-corrected chi connectivity index (χ1v) is 12.6. The first-order chi connectivity index (χ1) is 18.8. The van der Waals surface area contributed by atoms with E-state index < -0.39 is 41.0 Å². The molecule has 0 aliphatic carbocycles. The van der Waals surface area contributed by atoms with Crippen LogP contribution in [0.3, 0.4) is 0 Å². The Morgan fingerprint density at radius 1 is 1.18 bits per heavy atom. The minimum atomic E-state index is -1.06. The second-order valence-electron chi connectivity index (χ2n) is 9.68. The number of nitrogens with one attached hydrogen (secondary N) is 1. The lowest BCUT2D eigenvalue weighted by molar-refractivity contribution is -0.143. The van der Waals surface area contributed by atoms with Gasteiger partial charge in [0.05, 0.1) is 30.1 Å². The Morgan fingerprint density at radius 3 is 2.54 bits per heavy atom. The number of carbonyl (C=O) groups excluding carboxylic acids is 1. The Kier molecular flexibility index (Phi) is 9.04. The molecule has 1 fully saturated rings. The predicted octanol–water partition coefficient (Wildman–Crippen LogP) is 5.09. The van der Waals surface area contributed by atoms with E-state index in [0.29, 0.717) is 68.6 Å². The molecule has 1 amide bonds. The Hall–Kier alpha value is -3.68. The Morgan fingerprint density at radius 2 is 1.90 bits per heavy atom. The summed E-state index contributed by atoms with van der Waals surface area (Å²) >= 11 is 0. The topological polar surface area (TPSA) is 74.7 Å². The summed E-state index contributed by atoms with van der Waals surface area (Å²) in [6.45, 7) is 0.487. The summed E-state index contributed by atoms with van der Waals surface area (Å²) in [6.07, 6.45) is 3.94. The second-order valence-corrected chi connectivity index (χ2v) is 9.68. The van der Waals surface area contributed by atoms with Crippen molar-refractivity contribution in [3.63, 3.8) is 0 Å². The molecular formula is C29H29F4N3O3. The van der Waals surface area contributed by atoms with E-state index in [4.69, 9.17) is 4.74 Å². The highest BCUT2D eigenvalue weighted by atomic mass is 19.1. The molecule has 1 aliphatic heterocycles. The van der Waals surface area contributed by atoms with Gasteiger partial charge in [-0.2, -0.15) is 0 Å². The molecule has 0 bridgehead atoms. The normalized spacial score (nSPS) is 15.0. The first kappa shape index (κ1) is 28.3. The maximum absolute atomic E-state index is 13.8. The molecule has 1 saturated heterocycles. The van der Waals surface area contributed by atoms with Crippen LogP contribution in [-0.4, -0.2) is 47.7 Å². The van der Waals surface area contributed by atoms with E-state index in [1.165, 1.54) is 6.20 Å². The van der Waals surface area contributed by atoms with Crippen LogP contribution in [0.15, 0.2) is 36.5 Å². The summed E-state index contributed by atoms with van der Waals surface area (Å²) in [4.78, 5) is 19.0. The van der Waals surface area contributed by atoms with Crippen LogP contribution in [0.4, 0.5) is 17.6 Å². The van der Waals surface area contributed by atoms with Crippen molar-refractivity contribution in [3.05, 3.63) is 70.7 Å². The van der Waals surface area contributed by atoms with Gasteiger partial charge in [-0.15, -0.1) is 0 Å². The van der Waals surface area contributed by atoms with Crippen molar-refractivity contribution < 1.29 is 32.3 Å². The van der Waals surface area contributed by atoms with Crippen LogP contribution in [0, 0.1) is 34.7 Å². The number of amides is 1. The van der Waals surface area contributed by atoms with Gasteiger partial charge in [-0.05, 0) is 55.9 Å². The minimum Gasteiger partial charge on any atom is -0.497 e. The summed E-state index contributed by atoms with van der Waals surface area (Å²) in [5, 5.41) is 10.2. The van der Waals surface area contributed by atoms with E-state index in [9.17, 15) is 27.6 Å². The Bertz CT molecular complexity index is 1380. The summed E-state index contributed by atoms with van der Waals surface area (Å²) in [5.74, 6) is 2.17. The number of nitrogens with zero attached hydrogens (tertiary/aromatic N) is 2. The van der Waals surface area contributed by atoms with Crippen molar-refractivity contribution in [1.29, 1.82) is 0 Å². The van der Waals surface area contributed by atoms with Gasteiger partial charge in [-0.25, -0.2) is 23.0 Å². The molecule has 206 valence electrons. The van der Waals surface area contributed by atoms with Crippen molar-refractivity contribution >= 4 is 16.8 Å². The monoisotopic (exact) mass is 543 g/mol. The fourth-order valence-electron chi connectivity index (χ4n) is 5.16. The molecular weight excluding hydrogens is 514 g/mol. The molecule has 10 heteroatoms. The number of ether oxygens (including phenoxy) is 1. The van der Waals surface area contributed by atoms with Gasteiger partial charge in [0.15, 0.2) is 0 Å². The van der Waals surface area contributed by atoms with E-state index in [0.717, 1.165) is 16.5 Å². The summed E-state index contributed by atoms with van der Waals surface area (Å²) in [6, 6.07) is 6.60. The van der Waals surface area contributed by atoms with Crippen molar-refractivity contribution in [3.8, 4) is 17.6 Å². The van der Waals surface area contributed by atoms with Crippen LogP contribution in [-0.2, 0) is 17.9 Å². The number of piperidine rings is 1. The number of hydrogen-bond donors (Lipinski definition) is 2.